The zero-order valence-corrected chi connectivity index (χ0v) is 18.2. The van der Waals surface area contributed by atoms with Crippen molar-refractivity contribution in [2.24, 2.45) is 7.05 Å². The summed E-state index contributed by atoms with van der Waals surface area (Å²) in [5, 5.41) is 14.1. The summed E-state index contributed by atoms with van der Waals surface area (Å²) in [5.74, 6) is 0.924. The second kappa shape index (κ2) is 8.84. The maximum absolute atomic E-state index is 9.93. The van der Waals surface area contributed by atoms with E-state index in [4.69, 9.17) is 9.72 Å². The number of aromatic nitrogens is 4. The van der Waals surface area contributed by atoms with Gasteiger partial charge in [0, 0.05) is 31.3 Å². The van der Waals surface area contributed by atoms with E-state index in [1.165, 1.54) is 11.9 Å². The monoisotopic (exact) mass is 413 g/mol. The van der Waals surface area contributed by atoms with Gasteiger partial charge in [-0.15, -0.1) is 0 Å². The van der Waals surface area contributed by atoms with Crippen LogP contribution in [0.15, 0.2) is 41.6 Å². The minimum absolute atomic E-state index is 0.363. The molecule has 0 aliphatic rings. The predicted octanol–water partition coefficient (Wildman–Crippen LogP) is 4.15. The lowest BCUT2D eigenvalue weighted by Gasteiger charge is -2.17. The minimum Gasteiger partial charge on any atom is -0.477 e. The maximum Gasteiger partial charge on any atom is 0.237 e. The van der Waals surface area contributed by atoms with E-state index in [0.717, 1.165) is 27.3 Å². The van der Waals surface area contributed by atoms with Crippen LogP contribution in [-0.2, 0) is 7.05 Å². The number of hydrogen-bond donors (Lipinski definition) is 2. The van der Waals surface area contributed by atoms with Gasteiger partial charge in [0.25, 0.3) is 0 Å². The van der Waals surface area contributed by atoms with E-state index in [1.54, 1.807) is 24.7 Å². The molecule has 154 valence electrons. The summed E-state index contributed by atoms with van der Waals surface area (Å²) in [5.41, 5.74) is 3.34. The molecule has 0 saturated heterocycles. The van der Waals surface area contributed by atoms with Crippen LogP contribution in [0.5, 0.6) is 5.88 Å². The molecule has 0 spiro atoms. The minimum atomic E-state index is -0.792. The topological polar surface area (TPSA) is 85.1 Å². The first-order chi connectivity index (χ1) is 13.7. The number of nitrogens with one attached hydrogen (secondary N) is 1. The molecule has 2 aromatic heterocycles. The molecule has 3 rings (SSSR count). The number of nitrogens with zero attached hydrogens (tertiary/aromatic N) is 4. The molecule has 8 heteroatoms. The van der Waals surface area contributed by atoms with Gasteiger partial charge >= 0.3 is 0 Å². The smallest absolute Gasteiger partial charge is 0.237 e. The summed E-state index contributed by atoms with van der Waals surface area (Å²) in [6.45, 7) is 8.02. The summed E-state index contributed by atoms with van der Waals surface area (Å²) in [7, 11) is 1.87. The average Bonchev–Trinajstić information content (AvgIpc) is 3.04. The molecule has 2 heterocycles. The fraction of sp³-hybridized carbons (Fsp3) is 0.381. The van der Waals surface area contributed by atoms with Gasteiger partial charge in [-0.1, -0.05) is 18.2 Å². The Morgan fingerprint density at radius 2 is 1.93 bits per heavy atom. The summed E-state index contributed by atoms with van der Waals surface area (Å²) < 4.78 is 10.8. The average molecular weight is 414 g/mol. The van der Waals surface area contributed by atoms with Gasteiger partial charge in [0.2, 0.25) is 11.8 Å². The number of aliphatic hydroxyl groups is 1. The highest BCUT2D eigenvalue weighted by molar-refractivity contribution is 8.00. The van der Waals surface area contributed by atoms with Crippen LogP contribution in [0.3, 0.4) is 0 Å². The van der Waals surface area contributed by atoms with Gasteiger partial charge < -0.3 is 9.84 Å². The van der Waals surface area contributed by atoms with Crippen LogP contribution in [0, 0.1) is 13.8 Å². The zero-order valence-electron chi connectivity index (χ0n) is 17.4. The summed E-state index contributed by atoms with van der Waals surface area (Å²) in [6, 6.07) is 8.01. The van der Waals surface area contributed by atoms with E-state index in [9.17, 15) is 5.11 Å². The van der Waals surface area contributed by atoms with Gasteiger partial charge in [-0.2, -0.15) is 10.1 Å². The van der Waals surface area contributed by atoms with Crippen LogP contribution in [0.2, 0.25) is 0 Å². The molecule has 0 amide bonds. The van der Waals surface area contributed by atoms with Crippen molar-refractivity contribution in [1.82, 2.24) is 19.7 Å². The number of ether oxygens (including phenoxy) is 1. The van der Waals surface area contributed by atoms with E-state index >= 15 is 0 Å². The lowest BCUT2D eigenvalue weighted by Crippen LogP contribution is -2.22. The Hall–Kier alpha value is -2.58. The first kappa shape index (κ1) is 21.1. The highest BCUT2D eigenvalue weighted by atomic mass is 32.2. The standard InChI is InChI=1S/C21H27N5O2S/c1-14-7-6-8-15(2)19(14)17-11-18(28-10-9-21(3,4)27)24-20(23-17)25-29-16-12-22-26(5)13-16/h6-8,11-13,27H,9-10H2,1-5H3,(H,23,24,25). The molecule has 0 unspecified atom stereocenters. The SMILES string of the molecule is Cc1cccc(C)c1-c1cc(OCCC(C)(C)O)nc(NSc2cnn(C)c2)n1. The second-order valence-electron chi connectivity index (χ2n) is 7.65. The molecule has 0 aliphatic heterocycles. The van der Waals surface area contributed by atoms with Crippen molar-refractivity contribution in [2.75, 3.05) is 11.3 Å². The molecule has 1 aromatic carbocycles. The van der Waals surface area contributed by atoms with Crippen LogP contribution in [0.1, 0.15) is 31.4 Å². The summed E-state index contributed by atoms with van der Waals surface area (Å²) in [4.78, 5) is 10.1. The quantitative estimate of drug-likeness (QED) is 0.537. The van der Waals surface area contributed by atoms with Gasteiger partial charge in [-0.3, -0.25) is 9.40 Å². The van der Waals surface area contributed by atoms with E-state index < -0.39 is 5.60 Å². The molecule has 29 heavy (non-hydrogen) atoms. The van der Waals surface area contributed by atoms with Crippen molar-refractivity contribution >= 4 is 17.9 Å². The van der Waals surface area contributed by atoms with Crippen molar-refractivity contribution < 1.29 is 9.84 Å². The molecule has 0 bridgehead atoms. The van der Waals surface area contributed by atoms with Crippen LogP contribution < -0.4 is 9.46 Å². The molecule has 2 N–H and O–H groups in total. The van der Waals surface area contributed by atoms with Crippen LogP contribution in [0.25, 0.3) is 11.3 Å². The number of hydrogen-bond acceptors (Lipinski definition) is 7. The summed E-state index contributed by atoms with van der Waals surface area (Å²) in [6.07, 6.45) is 4.18. The maximum atomic E-state index is 9.93. The third-order valence-electron chi connectivity index (χ3n) is 4.35. The van der Waals surface area contributed by atoms with Crippen LogP contribution >= 0.6 is 11.9 Å². The molecule has 3 aromatic rings. The first-order valence-corrected chi connectivity index (χ1v) is 10.3. The third kappa shape index (κ3) is 5.95. The van der Waals surface area contributed by atoms with Crippen molar-refractivity contribution in [3.8, 4) is 17.1 Å². The molecule has 7 nitrogen and oxygen atoms in total. The zero-order chi connectivity index (χ0) is 21.0. The van der Waals surface area contributed by atoms with E-state index in [1.807, 2.05) is 25.4 Å². The highest BCUT2D eigenvalue weighted by Gasteiger charge is 2.15. The van der Waals surface area contributed by atoms with E-state index in [0.29, 0.717) is 24.9 Å². The number of rotatable bonds is 8. The Morgan fingerprint density at radius 3 is 2.55 bits per heavy atom. The van der Waals surface area contributed by atoms with Crippen molar-refractivity contribution in [1.29, 1.82) is 0 Å². The van der Waals surface area contributed by atoms with Gasteiger partial charge in [0.1, 0.15) is 0 Å². The molecule has 0 fully saturated rings. The molecular weight excluding hydrogens is 386 g/mol. The van der Waals surface area contributed by atoms with Gasteiger partial charge in [-0.05, 0) is 50.8 Å². The Bertz CT molecular complexity index is 961. The molecule has 0 saturated carbocycles. The Morgan fingerprint density at radius 1 is 1.21 bits per heavy atom. The van der Waals surface area contributed by atoms with Crippen LogP contribution in [-0.4, -0.2) is 37.1 Å². The molecule has 0 radical (unpaired) electrons. The lowest BCUT2D eigenvalue weighted by atomic mass is 10.00. The Labute approximate surface area is 175 Å². The molecule has 0 aliphatic carbocycles. The van der Waals surface area contributed by atoms with E-state index in [2.05, 4.69) is 40.8 Å². The number of benzene rings is 1. The Balaban J connectivity index is 1.88. The van der Waals surface area contributed by atoms with Gasteiger partial charge in [0.05, 0.1) is 29.0 Å². The van der Waals surface area contributed by atoms with E-state index in [-0.39, 0.29) is 0 Å². The fourth-order valence-corrected chi connectivity index (χ4v) is 3.46. The second-order valence-corrected chi connectivity index (χ2v) is 8.53. The largest absolute Gasteiger partial charge is 0.477 e. The number of aryl methyl sites for hydroxylation is 3. The predicted molar refractivity (Wildman–Crippen MR) is 116 cm³/mol. The molecular formula is C21H27N5O2S. The third-order valence-corrected chi connectivity index (χ3v) is 5.08. The van der Waals surface area contributed by atoms with Crippen LogP contribution in [0.4, 0.5) is 5.95 Å². The first-order valence-electron chi connectivity index (χ1n) is 9.43. The fourth-order valence-electron chi connectivity index (χ4n) is 2.85. The van der Waals surface area contributed by atoms with Crippen molar-refractivity contribution in [2.45, 2.75) is 44.6 Å². The molecule has 0 atom stereocenters. The van der Waals surface area contributed by atoms with Gasteiger partial charge in [-0.25, -0.2) is 4.98 Å². The Kier molecular flexibility index (Phi) is 6.44. The number of anilines is 1. The highest BCUT2D eigenvalue weighted by Crippen LogP contribution is 2.30. The van der Waals surface area contributed by atoms with Crippen molar-refractivity contribution in [3.63, 3.8) is 0 Å². The normalized spacial score (nSPS) is 11.5. The van der Waals surface area contributed by atoms with Crippen molar-refractivity contribution in [3.05, 3.63) is 47.8 Å². The lowest BCUT2D eigenvalue weighted by molar-refractivity contribution is 0.0547. The van der Waals surface area contributed by atoms with Gasteiger partial charge in [0.15, 0.2) is 0 Å². The summed E-state index contributed by atoms with van der Waals surface area (Å²) >= 11 is 1.39.